The lowest BCUT2D eigenvalue weighted by Crippen LogP contribution is -2.19. The van der Waals surface area contributed by atoms with E-state index in [2.05, 4.69) is 39.5 Å². The fraction of sp³-hybridized carbons (Fsp3) is 0.250. The summed E-state index contributed by atoms with van der Waals surface area (Å²) in [7, 11) is 1.31. The molecule has 0 aliphatic heterocycles. The summed E-state index contributed by atoms with van der Waals surface area (Å²) in [5, 5.41) is 3.94. The van der Waals surface area contributed by atoms with Gasteiger partial charge in [-0.25, -0.2) is 10.2 Å². The van der Waals surface area contributed by atoms with Gasteiger partial charge < -0.3 is 9.47 Å². The Morgan fingerprint density at radius 2 is 1.81 bits per heavy atom. The van der Waals surface area contributed by atoms with Crippen molar-refractivity contribution in [1.29, 1.82) is 0 Å². The van der Waals surface area contributed by atoms with Crippen molar-refractivity contribution in [2.75, 3.05) is 19.5 Å². The summed E-state index contributed by atoms with van der Waals surface area (Å²) in [4.78, 5) is 22.8. The Morgan fingerprint density at radius 3 is 2.48 bits per heavy atom. The average molecular weight is 386 g/mol. The van der Waals surface area contributed by atoms with Crippen LogP contribution in [0.3, 0.4) is 0 Å². The Kier molecular flexibility index (Phi) is 8.38. The summed E-state index contributed by atoms with van der Waals surface area (Å²) >= 11 is 1.54. The molecule has 0 heterocycles. The van der Waals surface area contributed by atoms with Crippen LogP contribution in [-0.4, -0.2) is 37.6 Å². The van der Waals surface area contributed by atoms with Crippen molar-refractivity contribution in [2.45, 2.75) is 12.7 Å². The number of aryl methyl sites for hydroxylation is 1. The Morgan fingerprint density at radius 1 is 1.11 bits per heavy atom. The first kappa shape index (κ1) is 20.5. The predicted octanol–water partition coefficient (Wildman–Crippen LogP) is 2.93. The third kappa shape index (κ3) is 7.96. The van der Waals surface area contributed by atoms with E-state index < -0.39 is 5.97 Å². The van der Waals surface area contributed by atoms with E-state index in [4.69, 9.17) is 4.74 Å². The van der Waals surface area contributed by atoms with Crippen molar-refractivity contribution < 1.29 is 19.1 Å². The number of esters is 1. The standard InChI is InChI=1S/C20H22N2O4S/c1-15-3-5-17(6-4-15)13-27-14-19(23)22-21-11-16-7-9-18(10-8-16)26-12-20(24)25-2/h3-11H,12-14H2,1-2H3,(H,22,23)/b21-11-. The van der Waals surface area contributed by atoms with Gasteiger partial charge in [0.1, 0.15) is 5.75 Å². The van der Waals surface area contributed by atoms with Crippen LogP contribution in [0, 0.1) is 6.92 Å². The van der Waals surface area contributed by atoms with Gasteiger partial charge >= 0.3 is 5.97 Å². The second-order valence-corrected chi connectivity index (χ2v) is 6.69. The fourth-order valence-corrected chi connectivity index (χ4v) is 2.79. The molecule has 1 amide bonds. The van der Waals surface area contributed by atoms with E-state index in [9.17, 15) is 9.59 Å². The molecule has 0 unspecified atom stereocenters. The molecule has 2 rings (SSSR count). The molecule has 27 heavy (non-hydrogen) atoms. The minimum atomic E-state index is -0.441. The number of hydrogen-bond acceptors (Lipinski definition) is 6. The molecule has 0 atom stereocenters. The Labute approximate surface area is 162 Å². The van der Waals surface area contributed by atoms with Crippen LogP contribution in [0.25, 0.3) is 0 Å². The van der Waals surface area contributed by atoms with Crippen molar-refractivity contribution in [3.63, 3.8) is 0 Å². The molecule has 1 N–H and O–H groups in total. The molecule has 6 nitrogen and oxygen atoms in total. The maximum atomic E-state index is 11.8. The highest BCUT2D eigenvalue weighted by Crippen LogP contribution is 2.13. The van der Waals surface area contributed by atoms with E-state index >= 15 is 0 Å². The molecule has 142 valence electrons. The Balaban J connectivity index is 1.68. The highest BCUT2D eigenvalue weighted by atomic mass is 32.2. The lowest BCUT2D eigenvalue weighted by Gasteiger charge is -2.04. The zero-order valence-electron chi connectivity index (χ0n) is 15.3. The number of nitrogens with one attached hydrogen (secondary N) is 1. The summed E-state index contributed by atoms with van der Waals surface area (Å²) in [5.41, 5.74) is 5.72. The van der Waals surface area contributed by atoms with Crippen molar-refractivity contribution in [2.24, 2.45) is 5.10 Å². The fourth-order valence-electron chi connectivity index (χ4n) is 2.01. The Bertz CT molecular complexity index is 774. The van der Waals surface area contributed by atoms with Crippen LogP contribution < -0.4 is 10.2 Å². The van der Waals surface area contributed by atoms with Gasteiger partial charge in [-0.2, -0.15) is 5.10 Å². The smallest absolute Gasteiger partial charge is 0.343 e. The Hall–Kier alpha value is -2.80. The number of rotatable bonds is 9. The molecular formula is C20H22N2O4S. The maximum absolute atomic E-state index is 11.8. The summed E-state index contributed by atoms with van der Waals surface area (Å²) in [6.07, 6.45) is 1.55. The van der Waals surface area contributed by atoms with Gasteiger partial charge in [0.25, 0.3) is 0 Å². The highest BCUT2D eigenvalue weighted by molar-refractivity contribution is 7.99. The molecule has 7 heteroatoms. The van der Waals surface area contributed by atoms with E-state index in [1.54, 1.807) is 30.5 Å². The van der Waals surface area contributed by atoms with Gasteiger partial charge in [0.05, 0.1) is 19.1 Å². The monoisotopic (exact) mass is 386 g/mol. The predicted molar refractivity (Wildman–Crippen MR) is 107 cm³/mol. The number of ether oxygens (including phenoxy) is 2. The van der Waals surface area contributed by atoms with Crippen LogP contribution in [-0.2, 0) is 20.1 Å². The van der Waals surface area contributed by atoms with E-state index in [0.29, 0.717) is 11.5 Å². The molecule has 0 fully saturated rings. The molecule has 2 aromatic carbocycles. The second kappa shape index (κ2) is 11.0. The minimum absolute atomic E-state index is 0.139. The summed E-state index contributed by atoms with van der Waals surface area (Å²) in [6, 6.07) is 15.2. The normalized spacial score (nSPS) is 10.6. The number of amides is 1. The summed E-state index contributed by atoms with van der Waals surface area (Å²) in [6.45, 7) is 1.91. The van der Waals surface area contributed by atoms with Gasteiger partial charge in [-0.3, -0.25) is 4.79 Å². The van der Waals surface area contributed by atoms with Gasteiger partial charge in [0.2, 0.25) is 5.91 Å². The van der Waals surface area contributed by atoms with E-state index in [-0.39, 0.29) is 12.5 Å². The molecule has 0 aliphatic carbocycles. The van der Waals surface area contributed by atoms with Crippen LogP contribution >= 0.6 is 11.8 Å². The van der Waals surface area contributed by atoms with Crippen LogP contribution in [0.4, 0.5) is 0 Å². The number of methoxy groups -OCH3 is 1. The van der Waals surface area contributed by atoms with Crippen molar-refractivity contribution in [3.8, 4) is 5.75 Å². The number of hydrazone groups is 1. The number of thioether (sulfide) groups is 1. The van der Waals surface area contributed by atoms with E-state index in [1.165, 1.54) is 30.0 Å². The molecule has 0 aromatic heterocycles. The van der Waals surface area contributed by atoms with Gasteiger partial charge in [0.15, 0.2) is 6.61 Å². The quantitative estimate of drug-likeness (QED) is 0.407. The SMILES string of the molecule is COC(=O)COc1ccc(/C=N\NC(=O)CSCc2ccc(C)cc2)cc1. The zero-order chi connectivity index (χ0) is 19.5. The minimum Gasteiger partial charge on any atom is -0.482 e. The zero-order valence-corrected chi connectivity index (χ0v) is 16.1. The van der Waals surface area contributed by atoms with Crippen LogP contribution in [0.2, 0.25) is 0 Å². The molecule has 0 bridgehead atoms. The van der Waals surface area contributed by atoms with Gasteiger partial charge in [0, 0.05) is 5.75 Å². The maximum Gasteiger partial charge on any atom is 0.343 e. The first-order valence-electron chi connectivity index (χ1n) is 8.31. The van der Waals surface area contributed by atoms with Crippen LogP contribution in [0.1, 0.15) is 16.7 Å². The highest BCUT2D eigenvalue weighted by Gasteiger charge is 2.02. The van der Waals surface area contributed by atoms with Gasteiger partial charge in [-0.05, 0) is 42.3 Å². The third-order valence-corrected chi connectivity index (χ3v) is 4.49. The lowest BCUT2D eigenvalue weighted by molar-refractivity contribution is -0.142. The number of benzene rings is 2. The molecule has 0 saturated carbocycles. The number of carbonyl (C=O) groups is 2. The van der Waals surface area contributed by atoms with Crippen molar-refractivity contribution >= 4 is 29.9 Å². The van der Waals surface area contributed by atoms with Crippen molar-refractivity contribution in [1.82, 2.24) is 5.43 Å². The van der Waals surface area contributed by atoms with Gasteiger partial charge in [-0.15, -0.1) is 11.8 Å². The number of carbonyl (C=O) groups excluding carboxylic acids is 2. The van der Waals surface area contributed by atoms with Crippen LogP contribution in [0.15, 0.2) is 53.6 Å². The first-order valence-corrected chi connectivity index (χ1v) is 9.47. The van der Waals surface area contributed by atoms with E-state index in [1.807, 2.05) is 6.92 Å². The summed E-state index contributed by atoms with van der Waals surface area (Å²) < 4.78 is 9.75. The third-order valence-electron chi connectivity index (χ3n) is 3.49. The van der Waals surface area contributed by atoms with Crippen molar-refractivity contribution in [3.05, 3.63) is 65.2 Å². The molecule has 0 spiro atoms. The van der Waals surface area contributed by atoms with Gasteiger partial charge in [-0.1, -0.05) is 29.8 Å². The topological polar surface area (TPSA) is 77.0 Å². The first-order chi connectivity index (χ1) is 13.1. The largest absolute Gasteiger partial charge is 0.482 e. The molecular weight excluding hydrogens is 364 g/mol. The average Bonchev–Trinajstić information content (AvgIpc) is 2.68. The lowest BCUT2D eigenvalue weighted by atomic mass is 10.2. The summed E-state index contributed by atoms with van der Waals surface area (Å²) in [5.74, 6) is 1.08. The number of hydrogen-bond donors (Lipinski definition) is 1. The van der Waals surface area contributed by atoms with Crippen LogP contribution in [0.5, 0.6) is 5.75 Å². The number of nitrogens with zero attached hydrogens (tertiary/aromatic N) is 1. The second-order valence-electron chi connectivity index (χ2n) is 5.71. The molecule has 0 radical (unpaired) electrons. The van der Waals surface area contributed by atoms with E-state index in [0.717, 1.165) is 11.3 Å². The molecule has 0 aliphatic rings. The molecule has 0 saturated heterocycles. The molecule has 2 aromatic rings.